The third kappa shape index (κ3) is 1.65. The van der Waals surface area contributed by atoms with Crippen LogP contribution in [0.15, 0.2) is 22.8 Å². The molecule has 0 saturated carbocycles. The number of hydrogen-bond acceptors (Lipinski definition) is 2. The van der Waals surface area contributed by atoms with E-state index in [1.54, 1.807) is 6.92 Å². The molecule has 0 N–H and O–H groups in total. The lowest BCUT2D eigenvalue weighted by Crippen LogP contribution is -2.05. The van der Waals surface area contributed by atoms with Gasteiger partial charge in [0.05, 0.1) is 5.69 Å². The molecule has 3 nitrogen and oxygen atoms in total. The fourth-order valence-electron chi connectivity index (χ4n) is 1.21. The maximum atomic E-state index is 13.4. The summed E-state index contributed by atoms with van der Waals surface area (Å²) in [6, 6.07) is 3.65. The highest BCUT2D eigenvalue weighted by molar-refractivity contribution is 9.10. The van der Waals surface area contributed by atoms with Gasteiger partial charge in [-0.3, -0.25) is 0 Å². The Morgan fingerprint density at radius 1 is 1.27 bits per heavy atom. The first-order valence-electron chi connectivity index (χ1n) is 4.13. The fourth-order valence-corrected chi connectivity index (χ4v) is 1.45. The van der Waals surface area contributed by atoms with Crippen molar-refractivity contribution >= 4 is 15.9 Å². The van der Waals surface area contributed by atoms with Gasteiger partial charge in [0, 0.05) is 0 Å². The van der Waals surface area contributed by atoms with Crippen molar-refractivity contribution in [1.82, 2.24) is 15.0 Å². The summed E-state index contributed by atoms with van der Waals surface area (Å²) in [5.41, 5.74) is 0.326. The van der Waals surface area contributed by atoms with E-state index in [9.17, 15) is 8.78 Å². The predicted molar refractivity (Wildman–Crippen MR) is 53.7 cm³/mol. The molecule has 15 heavy (non-hydrogen) atoms. The Morgan fingerprint density at radius 3 is 2.33 bits per heavy atom. The van der Waals surface area contributed by atoms with Gasteiger partial charge in [0.2, 0.25) is 0 Å². The second-order valence-electron chi connectivity index (χ2n) is 2.95. The van der Waals surface area contributed by atoms with Crippen LogP contribution >= 0.6 is 15.9 Å². The van der Waals surface area contributed by atoms with Gasteiger partial charge < -0.3 is 0 Å². The Balaban J connectivity index is 2.69. The van der Waals surface area contributed by atoms with Gasteiger partial charge in [-0.1, -0.05) is 11.3 Å². The zero-order valence-corrected chi connectivity index (χ0v) is 9.29. The standard InChI is InChI=1S/C9H6BrF2N3/c1-5-9(10)13-14-15(5)8-6(11)3-2-4-7(8)12/h2-4H,1H3. The lowest BCUT2D eigenvalue weighted by molar-refractivity contribution is 0.553. The largest absolute Gasteiger partial charge is 0.211 e. The summed E-state index contributed by atoms with van der Waals surface area (Å²) in [6.45, 7) is 1.66. The first-order chi connectivity index (χ1) is 7.11. The highest BCUT2D eigenvalue weighted by Crippen LogP contribution is 2.21. The van der Waals surface area contributed by atoms with Crippen molar-refractivity contribution in [2.45, 2.75) is 6.92 Å². The Labute approximate surface area is 92.8 Å². The van der Waals surface area contributed by atoms with E-state index in [0.29, 0.717) is 10.3 Å². The highest BCUT2D eigenvalue weighted by atomic mass is 79.9. The minimum absolute atomic E-state index is 0.215. The number of para-hydroxylation sites is 1. The van der Waals surface area contributed by atoms with Crippen LogP contribution in [0.1, 0.15) is 5.69 Å². The van der Waals surface area contributed by atoms with Gasteiger partial charge in [-0.15, -0.1) is 5.10 Å². The molecule has 6 heteroatoms. The summed E-state index contributed by atoms with van der Waals surface area (Å²) in [5.74, 6) is -1.34. The van der Waals surface area contributed by atoms with Gasteiger partial charge in [-0.05, 0) is 35.0 Å². The smallest absolute Gasteiger partial charge is 0.151 e. The average molecular weight is 274 g/mol. The zero-order valence-electron chi connectivity index (χ0n) is 7.71. The van der Waals surface area contributed by atoms with E-state index in [1.165, 1.54) is 18.2 Å². The molecule has 0 aliphatic rings. The maximum absolute atomic E-state index is 13.4. The lowest BCUT2D eigenvalue weighted by Gasteiger charge is -2.05. The Morgan fingerprint density at radius 2 is 1.87 bits per heavy atom. The third-order valence-electron chi connectivity index (χ3n) is 1.99. The van der Waals surface area contributed by atoms with Crippen LogP contribution in [0.3, 0.4) is 0 Å². The molecule has 0 amide bonds. The fraction of sp³-hybridized carbons (Fsp3) is 0.111. The van der Waals surface area contributed by atoms with Crippen LogP contribution in [0, 0.1) is 18.6 Å². The van der Waals surface area contributed by atoms with E-state index in [1.807, 2.05) is 0 Å². The van der Waals surface area contributed by atoms with Crippen LogP contribution in [-0.4, -0.2) is 15.0 Å². The molecule has 0 fully saturated rings. The second-order valence-corrected chi connectivity index (χ2v) is 3.70. The molecular formula is C9H6BrF2N3. The monoisotopic (exact) mass is 273 g/mol. The van der Waals surface area contributed by atoms with Gasteiger partial charge in [-0.25, -0.2) is 13.5 Å². The van der Waals surface area contributed by atoms with Gasteiger partial charge >= 0.3 is 0 Å². The Bertz CT molecular complexity index is 490. The molecule has 0 saturated heterocycles. The summed E-state index contributed by atoms with van der Waals surface area (Å²) in [6.07, 6.45) is 0. The Hall–Kier alpha value is -1.30. The number of hydrogen-bond donors (Lipinski definition) is 0. The minimum Gasteiger partial charge on any atom is -0.211 e. The van der Waals surface area contributed by atoms with Crippen molar-refractivity contribution in [3.8, 4) is 5.69 Å². The predicted octanol–water partition coefficient (Wildman–Crippen LogP) is 2.62. The van der Waals surface area contributed by atoms with Gasteiger partial charge in [0.25, 0.3) is 0 Å². The molecule has 0 aliphatic carbocycles. The molecule has 1 aromatic heterocycles. The number of halogens is 3. The maximum Gasteiger partial charge on any atom is 0.151 e. The van der Waals surface area contributed by atoms with Crippen molar-refractivity contribution in [1.29, 1.82) is 0 Å². The van der Waals surface area contributed by atoms with E-state index >= 15 is 0 Å². The molecular weight excluding hydrogens is 268 g/mol. The van der Waals surface area contributed by atoms with Crippen LogP contribution in [0.25, 0.3) is 5.69 Å². The van der Waals surface area contributed by atoms with E-state index in [4.69, 9.17) is 0 Å². The van der Waals surface area contributed by atoms with Crippen LogP contribution in [-0.2, 0) is 0 Å². The molecule has 0 unspecified atom stereocenters. The molecule has 0 bridgehead atoms. The van der Waals surface area contributed by atoms with E-state index in [0.717, 1.165) is 4.68 Å². The number of nitrogens with zero attached hydrogens (tertiary/aromatic N) is 3. The molecule has 2 rings (SSSR count). The van der Waals surface area contributed by atoms with Crippen LogP contribution in [0.4, 0.5) is 8.78 Å². The summed E-state index contributed by atoms with van der Waals surface area (Å²) >= 11 is 3.12. The highest BCUT2D eigenvalue weighted by Gasteiger charge is 2.15. The molecule has 0 atom stereocenters. The molecule has 78 valence electrons. The molecule has 0 aliphatic heterocycles. The topological polar surface area (TPSA) is 30.7 Å². The average Bonchev–Trinajstić information content (AvgIpc) is 2.49. The number of aromatic nitrogens is 3. The van der Waals surface area contributed by atoms with E-state index in [-0.39, 0.29) is 5.69 Å². The van der Waals surface area contributed by atoms with Crippen LogP contribution in [0.5, 0.6) is 0 Å². The summed E-state index contributed by atoms with van der Waals surface area (Å²) in [5, 5.41) is 7.32. The quantitative estimate of drug-likeness (QED) is 0.800. The van der Waals surface area contributed by atoms with Gasteiger partial charge in [-0.2, -0.15) is 0 Å². The molecule has 0 spiro atoms. The SMILES string of the molecule is Cc1c(Br)nnn1-c1c(F)cccc1F. The molecule has 1 heterocycles. The first kappa shape index (κ1) is 10.2. The summed E-state index contributed by atoms with van der Waals surface area (Å²) in [7, 11) is 0. The second kappa shape index (κ2) is 3.69. The number of benzene rings is 1. The lowest BCUT2D eigenvalue weighted by atomic mass is 10.3. The van der Waals surface area contributed by atoms with Crippen molar-refractivity contribution in [2.75, 3.05) is 0 Å². The molecule has 2 aromatic rings. The third-order valence-corrected chi connectivity index (χ3v) is 2.72. The van der Waals surface area contributed by atoms with Gasteiger partial charge in [0.1, 0.15) is 5.69 Å². The van der Waals surface area contributed by atoms with Crippen LogP contribution < -0.4 is 0 Å². The van der Waals surface area contributed by atoms with Gasteiger partial charge in [0.15, 0.2) is 16.2 Å². The molecule has 0 radical (unpaired) electrons. The number of rotatable bonds is 1. The first-order valence-corrected chi connectivity index (χ1v) is 4.92. The van der Waals surface area contributed by atoms with E-state index in [2.05, 4.69) is 26.2 Å². The zero-order chi connectivity index (χ0) is 11.0. The molecule has 1 aromatic carbocycles. The summed E-state index contributed by atoms with van der Waals surface area (Å²) in [4.78, 5) is 0. The minimum atomic E-state index is -0.671. The normalized spacial score (nSPS) is 10.7. The van der Waals surface area contributed by atoms with Crippen molar-refractivity contribution in [2.24, 2.45) is 0 Å². The Kier molecular flexibility index (Phi) is 2.52. The van der Waals surface area contributed by atoms with E-state index < -0.39 is 11.6 Å². The van der Waals surface area contributed by atoms with Crippen molar-refractivity contribution in [3.63, 3.8) is 0 Å². The summed E-state index contributed by atoms with van der Waals surface area (Å²) < 4.78 is 28.3. The van der Waals surface area contributed by atoms with Crippen LogP contribution in [0.2, 0.25) is 0 Å². The van der Waals surface area contributed by atoms with Crippen molar-refractivity contribution < 1.29 is 8.78 Å². The van der Waals surface area contributed by atoms with Crippen molar-refractivity contribution in [3.05, 3.63) is 40.1 Å².